The first-order valence-electron chi connectivity index (χ1n) is 9.49. The minimum Gasteiger partial charge on any atom is -0.341 e. The summed E-state index contributed by atoms with van der Waals surface area (Å²) in [6.45, 7) is 1.65. The van der Waals surface area contributed by atoms with Crippen LogP contribution in [0.25, 0.3) is 0 Å². The second-order valence-electron chi connectivity index (χ2n) is 7.72. The van der Waals surface area contributed by atoms with Crippen LogP contribution in [0.15, 0.2) is 30.3 Å². The van der Waals surface area contributed by atoms with E-state index in [1.807, 2.05) is 37.4 Å². The van der Waals surface area contributed by atoms with E-state index in [2.05, 4.69) is 10.2 Å². The van der Waals surface area contributed by atoms with Crippen molar-refractivity contribution in [3.8, 4) is 0 Å². The fourth-order valence-electron chi connectivity index (χ4n) is 4.78. The van der Waals surface area contributed by atoms with Gasteiger partial charge >= 0.3 is 0 Å². The minimum absolute atomic E-state index is 0.134. The zero-order chi connectivity index (χ0) is 17.4. The lowest BCUT2D eigenvalue weighted by Gasteiger charge is -2.40. The highest BCUT2D eigenvalue weighted by molar-refractivity contribution is 5.85. The number of hydrogen-bond acceptors (Lipinski definition) is 3. The highest BCUT2D eigenvalue weighted by Gasteiger charge is 2.42. The van der Waals surface area contributed by atoms with E-state index >= 15 is 0 Å². The van der Waals surface area contributed by atoms with Gasteiger partial charge < -0.3 is 15.1 Å². The molecule has 4 atom stereocenters. The molecule has 0 saturated carbocycles. The number of benzene rings is 1. The summed E-state index contributed by atoms with van der Waals surface area (Å²) >= 11 is 0. The van der Waals surface area contributed by atoms with Crippen LogP contribution < -0.4 is 5.32 Å². The molecule has 0 aromatic heterocycles. The summed E-state index contributed by atoms with van der Waals surface area (Å²) in [6.07, 6.45) is 4.56. The van der Waals surface area contributed by atoms with Gasteiger partial charge in [0.15, 0.2) is 0 Å². The molecule has 5 heteroatoms. The highest BCUT2D eigenvalue weighted by atomic mass is 16.2. The first kappa shape index (κ1) is 16.6. The number of piperidine rings is 1. The number of nitrogens with zero attached hydrogens (tertiary/aromatic N) is 2. The van der Waals surface area contributed by atoms with Crippen LogP contribution in [0.2, 0.25) is 0 Å². The van der Waals surface area contributed by atoms with Crippen LogP contribution >= 0.6 is 0 Å². The lowest BCUT2D eigenvalue weighted by molar-refractivity contribution is -0.146. The Labute approximate surface area is 149 Å². The van der Waals surface area contributed by atoms with Crippen molar-refractivity contribution in [2.75, 3.05) is 20.1 Å². The van der Waals surface area contributed by atoms with Gasteiger partial charge in [0.05, 0.1) is 12.0 Å². The van der Waals surface area contributed by atoms with Crippen LogP contribution in [0.3, 0.4) is 0 Å². The van der Waals surface area contributed by atoms with Gasteiger partial charge in [0.2, 0.25) is 11.8 Å². The third kappa shape index (κ3) is 3.17. The van der Waals surface area contributed by atoms with Crippen LogP contribution in [-0.2, 0) is 9.59 Å². The van der Waals surface area contributed by atoms with Crippen LogP contribution in [0.5, 0.6) is 0 Å². The first-order chi connectivity index (χ1) is 12.1. The second-order valence-corrected chi connectivity index (χ2v) is 7.72. The molecule has 1 aromatic carbocycles. The topological polar surface area (TPSA) is 52.7 Å². The molecule has 2 bridgehead atoms. The smallest absolute Gasteiger partial charge is 0.228 e. The molecule has 3 heterocycles. The zero-order valence-corrected chi connectivity index (χ0v) is 14.9. The molecule has 25 heavy (non-hydrogen) atoms. The van der Waals surface area contributed by atoms with Crippen LogP contribution in [0.1, 0.15) is 43.7 Å². The van der Waals surface area contributed by atoms with Crippen molar-refractivity contribution in [1.29, 1.82) is 0 Å². The van der Waals surface area contributed by atoms with Crippen LogP contribution in [0.4, 0.5) is 0 Å². The number of likely N-dealkylation sites (tertiary alicyclic amines) is 2. The van der Waals surface area contributed by atoms with E-state index in [-0.39, 0.29) is 23.8 Å². The molecule has 3 aliphatic rings. The molecular weight excluding hydrogens is 314 g/mol. The van der Waals surface area contributed by atoms with Gasteiger partial charge in [-0.05, 0) is 31.2 Å². The summed E-state index contributed by atoms with van der Waals surface area (Å²) in [5.41, 5.74) is 1.06. The SMILES string of the molecule is CN1C(=O)CCC(C(=O)N2CCC3CCC(C2)N3)C1c1ccccc1. The molecule has 0 spiro atoms. The van der Waals surface area contributed by atoms with Crippen LogP contribution in [0, 0.1) is 5.92 Å². The van der Waals surface area contributed by atoms with Gasteiger partial charge in [-0.25, -0.2) is 0 Å². The van der Waals surface area contributed by atoms with Crippen molar-refractivity contribution < 1.29 is 9.59 Å². The Kier molecular flexibility index (Phi) is 4.50. The molecule has 4 unspecified atom stereocenters. The second kappa shape index (κ2) is 6.79. The Morgan fingerprint density at radius 2 is 1.84 bits per heavy atom. The fourth-order valence-corrected chi connectivity index (χ4v) is 4.78. The van der Waals surface area contributed by atoms with Gasteiger partial charge in [-0.1, -0.05) is 30.3 Å². The normalized spacial score (nSPS) is 32.6. The standard InChI is InChI=1S/C20H27N3O2/c1-22-18(24)10-9-17(19(22)14-5-3-2-4-6-14)20(25)23-12-11-15-7-8-16(13-23)21-15/h2-6,15-17,19,21H,7-13H2,1H3. The number of rotatable bonds is 2. The van der Waals surface area contributed by atoms with Gasteiger partial charge in [-0.2, -0.15) is 0 Å². The van der Waals surface area contributed by atoms with E-state index in [0.29, 0.717) is 24.9 Å². The maximum atomic E-state index is 13.4. The number of carbonyl (C=O) groups excluding carboxylic acids is 2. The van der Waals surface area contributed by atoms with Gasteiger partial charge in [-0.3, -0.25) is 9.59 Å². The van der Waals surface area contributed by atoms with Crippen molar-refractivity contribution in [3.63, 3.8) is 0 Å². The molecule has 5 nitrogen and oxygen atoms in total. The largest absolute Gasteiger partial charge is 0.341 e. The monoisotopic (exact) mass is 341 g/mol. The zero-order valence-electron chi connectivity index (χ0n) is 14.9. The Balaban J connectivity index is 1.58. The summed E-state index contributed by atoms with van der Waals surface area (Å²) in [5, 5.41) is 3.64. The van der Waals surface area contributed by atoms with Crippen molar-refractivity contribution in [1.82, 2.24) is 15.1 Å². The van der Waals surface area contributed by atoms with E-state index in [0.717, 1.165) is 25.1 Å². The lowest BCUT2D eigenvalue weighted by atomic mass is 9.83. The maximum Gasteiger partial charge on any atom is 0.228 e. The van der Waals surface area contributed by atoms with Gasteiger partial charge in [0.25, 0.3) is 0 Å². The predicted octanol–water partition coefficient (Wildman–Crippen LogP) is 1.95. The fraction of sp³-hybridized carbons (Fsp3) is 0.600. The molecular formula is C20H27N3O2. The predicted molar refractivity (Wildman–Crippen MR) is 95.8 cm³/mol. The van der Waals surface area contributed by atoms with Crippen molar-refractivity contribution in [2.45, 2.75) is 50.2 Å². The Morgan fingerprint density at radius 1 is 1.08 bits per heavy atom. The molecule has 4 rings (SSSR count). The number of nitrogens with one attached hydrogen (secondary N) is 1. The van der Waals surface area contributed by atoms with Gasteiger partial charge in [0, 0.05) is 38.6 Å². The number of fused-ring (bicyclic) bond motifs is 2. The summed E-state index contributed by atoms with van der Waals surface area (Å²) < 4.78 is 0. The van der Waals surface area contributed by atoms with Gasteiger partial charge in [0.1, 0.15) is 0 Å². The molecule has 2 amide bonds. The lowest BCUT2D eigenvalue weighted by Crippen LogP contribution is -2.49. The van der Waals surface area contributed by atoms with Gasteiger partial charge in [-0.15, -0.1) is 0 Å². The van der Waals surface area contributed by atoms with E-state index in [9.17, 15) is 9.59 Å². The third-order valence-electron chi connectivity index (χ3n) is 6.15. The molecule has 3 saturated heterocycles. The Morgan fingerprint density at radius 3 is 2.64 bits per heavy atom. The van der Waals surface area contributed by atoms with E-state index < -0.39 is 0 Å². The molecule has 134 valence electrons. The summed E-state index contributed by atoms with van der Waals surface area (Å²) in [7, 11) is 1.84. The van der Waals surface area contributed by atoms with E-state index in [1.54, 1.807) is 4.90 Å². The average Bonchev–Trinajstić information content (AvgIpc) is 2.96. The average molecular weight is 341 g/mol. The molecule has 1 N–H and O–H groups in total. The molecule has 3 aliphatic heterocycles. The number of hydrogen-bond donors (Lipinski definition) is 1. The van der Waals surface area contributed by atoms with Crippen molar-refractivity contribution in [2.24, 2.45) is 5.92 Å². The van der Waals surface area contributed by atoms with Crippen molar-refractivity contribution >= 4 is 11.8 Å². The first-order valence-corrected chi connectivity index (χ1v) is 9.49. The van der Waals surface area contributed by atoms with E-state index in [4.69, 9.17) is 0 Å². The summed E-state index contributed by atoms with van der Waals surface area (Å²) in [5.74, 6) is 0.221. The Hall–Kier alpha value is -1.88. The third-order valence-corrected chi connectivity index (χ3v) is 6.15. The summed E-state index contributed by atoms with van der Waals surface area (Å²) in [6, 6.07) is 10.9. The highest BCUT2D eigenvalue weighted by Crippen LogP contribution is 2.37. The van der Waals surface area contributed by atoms with E-state index in [1.165, 1.54) is 12.8 Å². The number of amides is 2. The minimum atomic E-state index is -0.150. The quantitative estimate of drug-likeness (QED) is 0.894. The summed E-state index contributed by atoms with van der Waals surface area (Å²) in [4.78, 5) is 29.5. The molecule has 0 radical (unpaired) electrons. The molecule has 1 aromatic rings. The maximum absolute atomic E-state index is 13.4. The molecule has 0 aliphatic carbocycles. The molecule has 3 fully saturated rings. The number of carbonyl (C=O) groups is 2. The van der Waals surface area contributed by atoms with Crippen LogP contribution in [-0.4, -0.2) is 53.8 Å². The Bertz CT molecular complexity index is 648. The van der Waals surface area contributed by atoms with Crippen molar-refractivity contribution in [3.05, 3.63) is 35.9 Å².